The van der Waals surface area contributed by atoms with E-state index in [-0.39, 0.29) is 5.82 Å². The van der Waals surface area contributed by atoms with Crippen molar-refractivity contribution in [3.05, 3.63) is 42.3 Å². The average Bonchev–Trinajstić information content (AvgIpc) is 2.50. The lowest BCUT2D eigenvalue weighted by atomic mass is 10.3. The molecule has 4 nitrogen and oxygen atoms in total. The number of anilines is 3. The second-order valence-electron chi connectivity index (χ2n) is 4.83. The molecular weight excluding hydrogens is 267 g/mol. The number of para-hydroxylation sites is 1. The van der Waals surface area contributed by atoms with Gasteiger partial charge in [0.2, 0.25) is 5.95 Å². The van der Waals surface area contributed by atoms with E-state index < -0.39 is 0 Å². The minimum Gasteiger partial charge on any atom is -0.356 e. The zero-order valence-electron chi connectivity index (χ0n) is 12.5. The number of aromatic nitrogens is 2. The minimum atomic E-state index is -0.314. The molecule has 5 heteroatoms. The number of nitrogens with zero attached hydrogens (tertiary/aromatic N) is 3. The van der Waals surface area contributed by atoms with Gasteiger partial charge in [0.15, 0.2) is 0 Å². The van der Waals surface area contributed by atoms with Crippen LogP contribution in [0.2, 0.25) is 0 Å². The summed E-state index contributed by atoms with van der Waals surface area (Å²) >= 11 is 0. The molecule has 0 saturated carbocycles. The largest absolute Gasteiger partial charge is 0.356 e. The lowest BCUT2D eigenvalue weighted by Crippen LogP contribution is -2.26. The maximum Gasteiger partial charge on any atom is 0.229 e. The summed E-state index contributed by atoms with van der Waals surface area (Å²) in [5, 5.41) is 2.93. The zero-order valence-corrected chi connectivity index (χ0v) is 12.5. The van der Waals surface area contributed by atoms with Gasteiger partial charge < -0.3 is 10.2 Å². The number of halogens is 1. The standard InChI is InChI=1S/C16H21FN4/c1-3-11-21(12-4-2)15-9-10-18-16(20-15)19-14-8-6-5-7-13(14)17/h5-10H,3-4,11-12H2,1-2H3,(H,18,19,20). The maximum atomic E-state index is 13.6. The third kappa shape index (κ3) is 4.15. The van der Waals surface area contributed by atoms with Gasteiger partial charge in [0.25, 0.3) is 0 Å². The van der Waals surface area contributed by atoms with Crippen molar-refractivity contribution in [3.63, 3.8) is 0 Å². The highest BCUT2D eigenvalue weighted by molar-refractivity contribution is 5.55. The topological polar surface area (TPSA) is 41.1 Å². The molecular formula is C16H21FN4. The molecule has 0 saturated heterocycles. The molecule has 0 bridgehead atoms. The van der Waals surface area contributed by atoms with Crippen molar-refractivity contribution in [1.82, 2.24) is 9.97 Å². The van der Waals surface area contributed by atoms with Gasteiger partial charge in [-0.2, -0.15) is 4.98 Å². The molecule has 0 fully saturated rings. The van der Waals surface area contributed by atoms with Gasteiger partial charge in [-0.3, -0.25) is 0 Å². The van der Waals surface area contributed by atoms with Crippen LogP contribution in [-0.4, -0.2) is 23.1 Å². The minimum absolute atomic E-state index is 0.314. The summed E-state index contributed by atoms with van der Waals surface area (Å²) in [7, 11) is 0. The van der Waals surface area contributed by atoms with Crippen LogP contribution in [0.15, 0.2) is 36.5 Å². The van der Waals surface area contributed by atoms with Crippen LogP contribution in [0.25, 0.3) is 0 Å². The van der Waals surface area contributed by atoms with E-state index >= 15 is 0 Å². The highest BCUT2D eigenvalue weighted by atomic mass is 19.1. The molecule has 1 heterocycles. The molecule has 0 atom stereocenters. The predicted octanol–water partition coefficient (Wildman–Crippen LogP) is 3.99. The van der Waals surface area contributed by atoms with E-state index in [1.807, 2.05) is 6.07 Å². The van der Waals surface area contributed by atoms with Crippen LogP contribution in [0, 0.1) is 5.82 Å². The molecule has 1 N–H and O–H groups in total. The van der Waals surface area contributed by atoms with Crippen molar-refractivity contribution < 1.29 is 4.39 Å². The average molecular weight is 288 g/mol. The Balaban J connectivity index is 2.18. The van der Waals surface area contributed by atoms with Crippen molar-refractivity contribution in [2.24, 2.45) is 0 Å². The van der Waals surface area contributed by atoms with Gasteiger partial charge in [0.1, 0.15) is 11.6 Å². The first-order valence-electron chi connectivity index (χ1n) is 7.34. The number of rotatable bonds is 7. The second-order valence-corrected chi connectivity index (χ2v) is 4.83. The smallest absolute Gasteiger partial charge is 0.229 e. The molecule has 0 spiro atoms. The van der Waals surface area contributed by atoms with Crippen LogP contribution < -0.4 is 10.2 Å². The Bertz CT molecular complexity index is 568. The fourth-order valence-electron chi connectivity index (χ4n) is 2.15. The lowest BCUT2D eigenvalue weighted by Gasteiger charge is -2.22. The van der Waals surface area contributed by atoms with Crippen LogP contribution in [0.5, 0.6) is 0 Å². The van der Waals surface area contributed by atoms with Crippen LogP contribution in [0.1, 0.15) is 26.7 Å². The molecule has 0 radical (unpaired) electrons. The third-order valence-corrected chi connectivity index (χ3v) is 3.07. The molecule has 0 aliphatic rings. The lowest BCUT2D eigenvalue weighted by molar-refractivity contribution is 0.631. The molecule has 1 aromatic heterocycles. The van der Waals surface area contributed by atoms with Gasteiger partial charge in [0.05, 0.1) is 5.69 Å². The number of benzene rings is 1. The first-order valence-corrected chi connectivity index (χ1v) is 7.34. The summed E-state index contributed by atoms with van der Waals surface area (Å²) in [6, 6.07) is 8.39. The molecule has 0 aliphatic heterocycles. The Morgan fingerprint density at radius 3 is 2.48 bits per heavy atom. The fourth-order valence-corrected chi connectivity index (χ4v) is 2.15. The molecule has 21 heavy (non-hydrogen) atoms. The predicted molar refractivity (Wildman–Crippen MR) is 84.5 cm³/mol. The molecule has 0 amide bonds. The Morgan fingerprint density at radius 1 is 1.10 bits per heavy atom. The Hall–Kier alpha value is -2.17. The first-order chi connectivity index (χ1) is 10.2. The molecule has 0 aliphatic carbocycles. The van der Waals surface area contributed by atoms with Crippen LogP contribution >= 0.6 is 0 Å². The second kappa shape index (κ2) is 7.57. The maximum absolute atomic E-state index is 13.6. The molecule has 2 aromatic rings. The van der Waals surface area contributed by atoms with Crippen molar-refractivity contribution in [2.75, 3.05) is 23.3 Å². The van der Waals surface area contributed by atoms with Crippen LogP contribution in [0.3, 0.4) is 0 Å². The third-order valence-electron chi connectivity index (χ3n) is 3.07. The highest BCUT2D eigenvalue weighted by Crippen LogP contribution is 2.19. The van der Waals surface area contributed by atoms with Gasteiger partial charge in [-0.15, -0.1) is 0 Å². The highest BCUT2D eigenvalue weighted by Gasteiger charge is 2.08. The summed E-state index contributed by atoms with van der Waals surface area (Å²) in [5.41, 5.74) is 0.382. The Labute approximate surface area is 125 Å². The van der Waals surface area contributed by atoms with Crippen LogP contribution in [-0.2, 0) is 0 Å². The quantitative estimate of drug-likeness (QED) is 0.836. The molecule has 0 unspecified atom stereocenters. The zero-order chi connectivity index (χ0) is 15.1. The van der Waals surface area contributed by atoms with Gasteiger partial charge in [-0.25, -0.2) is 9.37 Å². The summed E-state index contributed by atoms with van der Waals surface area (Å²) in [4.78, 5) is 10.9. The summed E-state index contributed by atoms with van der Waals surface area (Å²) in [6.07, 6.45) is 3.81. The van der Waals surface area contributed by atoms with Crippen molar-refractivity contribution >= 4 is 17.5 Å². The molecule has 112 valence electrons. The van der Waals surface area contributed by atoms with E-state index in [0.29, 0.717) is 11.6 Å². The van der Waals surface area contributed by atoms with E-state index in [0.717, 1.165) is 31.7 Å². The van der Waals surface area contributed by atoms with Gasteiger partial charge in [0, 0.05) is 19.3 Å². The van der Waals surface area contributed by atoms with Crippen molar-refractivity contribution in [3.8, 4) is 0 Å². The van der Waals surface area contributed by atoms with E-state index in [4.69, 9.17) is 0 Å². The number of hydrogen-bond donors (Lipinski definition) is 1. The Kier molecular flexibility index (Phi) is 5.49. The normalized spacial score (nSPS) is 10.4. The van der Waals surface area contributed by atoms with Gasteiger partial charge in [-0.1, -0.05) is 26.0 Å². The van der Waals surface area contributed by atoms with E-state index in [2.05, 4.69) is 34.0 Å². The SMILES string of the molecule is CCCN(CCC)c1ccnc(Nc2ccccc2F)n1. The van der Waals surface area contributed by atoms with Crippen molar-refractivity contribution in [1.29, 1.82) is 0 Å². The molecule has 2 rings (SSSR count). The van der Waals surface area contributed by atoms with Crippen molar-refractivity contribution in [2.45, 2.75) is 26.7 Å². The fraction of sp³-hybridized carbons (Fsp3) is 0.375. The Morgan fingerprint density at radius 2 is 1.81 bits per heavy atom. The summed E-state index contributed by atoms with van der Waals surface area (Å²) in [6.45, 7) is 6.18. The summed E-state index contributed by atoms with van der Waals surface area (Å²) < 4.78 is 13.6. The number of nitrogens with one attached hydrogen (secondary N) is 1. The van der Waals surface area contributed by atoms with E-state index in [9.17, 15) is 4.39 Å². The van der Waals surface area contributed by atoms with E-state index in [1.54, 1.807) is 24.4 Å². The summed E-state index contributed by atoms with van der Waals surface area (Å²) in [5.74, 6) is 0.966. The first kappa shape index (κ1) is 15.2. The van der Waals surface area contributed by atoms with Gasteiger partial charge >= 0.3 is 0 Å². The van der Waals surface area contributed by atoms with E-state index in [1.165, 1.54) is 6.07 Å². The van der Waals surface area contributed by atoms with Crippen LogP contribution in [0.4, 0.5) is 21.8 Å². The molecule has 1 aromatic carbocycles. The number of hydrogen-bond acceptors (Lipinski definition) is 4. The monoisotopic (exact) mass is 288 g/mol. The van der Waals surface area contributed by atoms with Gasteiger partial charge in [-0.05, 0) is 31.0 Å².